The second-order valence-corrected chi connectivity index (χ2v) is 9.76. The molecule has 2 aromatic heterocycles. The summed E-state index contributed by atoms with van der Waals surface area (Å²) >= 11 is 0. The Kier molecular flexibility index (Phi) is 6.10. The quantitative estimate of drug-likeness (QED) is 0.409. The van der Waals surface area contributed by atoms with Crippen molar-refractivity contribution in [2.45, 2.75) is 44.9 Å². The molecule has 2 aliphatic rings. The monoisotopic (exact) mass is 520 g/mol. The third-order valence-electron chi connectivity index (χ3n) is 7.31. The molecule has 0 radical (unpaired) electrons. The zero-order valence-electron chi connectivity index (χ0n) is 20.9. The lowest BCUT2D eigenvalue weighted by Gasteiger charge is -2.41. The maximum absolute atomic E-state index is 14.7. The van der Waals surface area contributed by atoms with E-state index in [0.717, 1.165) is 24.1 Å². The van der Waals surface area contributed by atoms with E-state index in [0.29, 0.717) is 48.1 Å². The number of aromatic amines is 1. The lowest BCUT2D eigenvalue weighted by atomic mass is 9.96. The fourth-order valence-corrected chi connectivity index (χ4v) is 5.34. The number of halogens is 2. The molecule has 0 unspecified atom stereocenters. The molecule has 0 spiro atoms. The highest BCUT2D eigenvalue weighted by atomic mass is 19.1. The predicted octanol–water partition coefficient (Wildman–Crippen LogP) is 3.79. The first-order valence-corrected chi connectivity index (χ1v) is 12.4. The van der Waals surface area contributed by atoms with Crippen LogP contribution in [-0.2, 0) is 13.1 Å². The van der Waals surface area contributed by atoms with Gasteiger partial charge in [-0.25, -0.2) is 18.7 Å². The van der Waals surface area contributed by atoms with Gasteiger partial charge in [-0.1, -0.05) is 5.21 Å². The molecule has 1 saturated heterocycles. The normalized spacial score (nSPS) is 19.5. The molecule has 2 aliphatic heterocycles. The van der Waals surface area contributed by atoms with Crippen LogP contribution < -0.4 is 10.1 Å². The summed E-state index contributed by atoms with van der Waals surface area (Å²) in [6.45, 7) is 3.89. The number of amides is 1. The van der Waals surface area contributed by atoms with Crippen molar-refractivity contribution in [1.29, 1.82) is 0 Å². The van der Waals surface area contributed by atoms with E-state index in [-0.39, 0.29) is 23.6 Å². The van der Waals surface area contributed by atoms with Gasteiger partial charge in [0.15, 0.2) is 0 Å². The number of likely N-dealkylation sites (tertiary alicyclic amines) is 1. The average molecular weight is 521 g/mol. The van der Waals surface area contributed by atoms with Gasteiger partial charge in [0.25, 0.3) is 5.91 Å². The first kappa shape index (κ1) is 24.2. The predicted molar refractivity (Wildman–Crippen MR) is 135 cm³/mol. The number of rotatable bonds is 5. The molecular weight excluding hydrogens is 494 g/mol. The molecule has 2 aromatic carbocycles. The molecule has 0 saturated carbocycles. The number of fused-ring (bicyclic) bond motifs is 2. The molecule has 1 amide bonds. The summed E-state index contributed by atoms with van der Waals surface area (Å²) in [5.41, 5.74) is 3.38. The van der Waals surface area contributed by atoms with Gasteiger partial charge in [-0.3, -0.25) is 14.8 Å². The molecular formula is C26H26F2N8O2. The Bertz CT molecular complexity index is 1530. The number of carbonyl (C=O) groups excluding carboxylic acids is 1. The van der Waals surface area contributed by atoms with Crippen LogP contribution in [0.25, 0.3) is 11.0 Å². The maximum Gasteiger partial charge on any atom is 0.257 e. The number of benzene rings is 2. The summed E-state index contributed by atoms with van der Waals surface area (Å²) in [5.74, 6) is -0.547. The zero-order chi connectivity index (χ0) is 26.4. The Morgan fingerprint density at radius 2 is 2.05 bits per heavy atom. The van der Waals surface area contributed by atoms with Gasteiger partial charge in [0.05, 0.1) is 23.9 Å². The smallest absolute Gasteiger partial charge is 0.257 e. The third kappa shape index (κ3) is 4.51. The Hall–Kier alpha value is -4.19. The minimum atomic E-state index is -0.586. The van der Waals surface area contributed by atoms with Crippen LogP contribution in [0.15, 0.2) is 36.5 Å². The molecule has 4 heterocycles. The molecule has 0 aliphatic carbocycles. The van der Waals surface area contributed by atoms with Gasteiger partial charge in [0.1, 0.15) is 22.9 Å². The highest BCUT2D eigenvalue weighted by molar-refractivity contribution is 5.97. The zero-order valence-corrected chi connectivity index (χ0v) is 20.9. The van der Waals surface area contributed by atoms with E-state index in [2.05, 4.69) is 35.6 Å². The minimum Gasteiger partial charge on any atom is -0.497 e. The van der Waals surface area contributed by atoms with Crippen molar-refractivity contribution in [3.63, 3.8) is 0 Å². The second kappa shape index (κ2) is 9.60. The summed E-state index contributed by atoms with van der Waals surface area (Å²) in [6, 6.07) is 7.24. The number of hydrogen-bond acceptors (Lipinski definition) is 8. The summed E-state index contributed by atoms with van der Waals surface area (Å²) in [5, 5.41) is 13.2. The second-order valence-electron chi connectivity index (χ2n) is 9.76. The lowest BCUT2D eigenvalue weighted by Crippen LogP contribution is -2.50. The van der Waals surface area contributed by atoms with Crippen molar-refractivity contribution in [3.8, 4) is 5.75 Å². The van der Waals surface area contributed by atoms with E-state index in [1.807, 2.05) is 6.92 Å². The number of H-pyrrole nitrogens is 1. The van der Waals surface area contributed by atoms with E-state index in [4.69, 9.17) is 4.74 Å². The van der Waals surface area contributed by atoms with Gasteiger partial charge in [0.2, 0.25) is 5.95 Å². The number of piperidine rings is 1. The summed E-state index contributed by atoms with van der Waals surface area (Å²) < 4.78 is 33.6. The molecule has 1 fully saturated rings. The number of carbonyl (C=O) groups is 1. The molecule has 196 valence electrons. The number of ether oxygens (including phenoxy) is 1. The van der Waals surface area contributed by atoms with Crippen LogP contribution in [-0.4, -0.2) is 66.8 Å². The van der Waals surface area contributed by atoms with E-state index >= 15 is 0 Å². The molecule has 0 bridgehead atoms. The number of anilines is 2. The fourth-order valence-electron chi connectivity index (χ4n) is 5.34. The molecule has 38 heavy (non-hydrogen) atoms. The van der Waals surface area contributed by atoms with Crippen molar-refractivity contribution < 1.29 is 18.3 Å². The van der Waals surface area contributed by atoms with Crippen molar-refractivity contribution in [3.05, 3.63) is 65.0 Å². The van der Waals surface area contributed by atoms with Gasteiger partial charge in [-0.05, 0) is 31.9 Å². The lowest BCUT2D eigenvalue weighted by molar-refractivity contribution is 0.0456. The minimum absolute atomic E-state index is 0.0106. The number of nitrogens with zero attached hydrogens (tertiary/aromatic N) is 6. The number of aromatic nitrogens is 5. The molecule has 4 aromatic rings. The van der Waals surface area contributed by atoms with Gasteiger partial charge in [-0.15, -0.1) is 5.10 Å². The average Bonchev–Trinajstić information content (AvgIpc) is 3.53. The van der Waals surface area contributed by atoms with Crippen molar-refractivity contribution in [2.75, 3.05) is 19.0 Å². The fraction of sp³-hybridized carbons (Fsp3) is 0.346. The van der Waals surface area contributed by atoms with E-state index in [1.54, 1.807) is 17.2 Å². The first-order chi connectivity index (χ1) is 18.4. The molecule has 10 nitrogen and oxygen atoms in total. The maximum atomic E-state index is 14.7. The van der Waals surface area contributed by atoms with Crippen LogP contribution in [0, 0.1) is 11.6 Å². The topological polar surface area (TPSA) is 112 Å². The Balaban J connectivity index is 1.11. The van der Waals surface area contributed by atoms with Gasteiger partial charge >= 0.3 is 0 Å². The van der Waals surface area contributed by atoms with Crippen LogP contribution in [0.3, 0.4) is 0 Å². The number of nitrogens with one attached hydrogen (secondary N) is 2. The Morgan fingerprint density at radius 3 is 2.87 bits per heavy atom. The Labute approximate surface area is 217 Å². The van der Waals surface area contributed by atoms with Gasteiger partial charge in [-0.2, -0.15) is 0 Å². The number of methoxy groups -OCH3 is 1. The van der Waals surface area contributed by atoms with E-state index in [9.17, 15) is 13.6 Å². The first-order valence-electron chi connectivity index (χ1n) is 12.4. The van der Waals surface area contributed by atoms with Crippen molar-refractivity contribution >= 4 is 28.6 Å². The number of hydrogen-bond donors (Lipinski definition) is 2. The van der Waals surface area contributed by atoms with Crippen LogP contribution in [0.5, 0.6) is 5.75 Å². The van der Waals surface area contributed by atoms with E-state index < -0.39 is 11.6 Å². The summed E-state index contributed by atoms with van der Waals surface area (Å²) in [6.07, 6.45) is 3.32. The Morgan fingerprint density at radius 1 is 1.18 bits per heavy atom. The molecule has 2 N–H and O–H groups in total. The van der Waals surface area contributed by atoms with Gasteiger partial charge in [0, 0.05) is 67.4 Å². The third-order valence-corrected chi connectivity index (χ3v) is 7.31. The van der Waals surface area contributed by atoms with E-state index in [1.165, 1.54) is 31.4 Å². The van der Waals surface area contributed by atoms with Crippen LogP contribution in [0.4, 0.5) is 20.4 Å². The molecule has 6 rings (SSSR count). The van der Waals surface area contributed by atoms with Crippen molar-refractivity contribution in [1.82, 2.24) is 35.2 Å². The van der Waals surface area contributed by atoms with Crippen LogP contribution in [0.1, 0.15) is 41.4 Å². The van der Waals surface area contributed by atoms with Crippen LogP contribution >= 0.6 is 0 Å². The molecule has 2 atom stereocenters. The largest absolute Gasteiger partial charge is 0.497 e. The van der Waals surface area contributed by atoms with Gasteiger partial charge < -0.3 is 15.0 Å². The summed E-state index contributed by atoms with van der Waals surface area (Å²) in [7, 11) is 1.48. The van der Waals surface area contributed by atoms with Crippen molar-refractivity contribution in [2.24, 2.45) is 0 Å². The summed E-state index contributed by atoms with van der Waals surface area (Å²) in [4.78, 5) is 26.4. The van der Waals surface area contributed by atoms with Crippen LogP contribution in [0.2, 0.25) is 0 Å². The standard InChI is InChI=1S/C26H26F2N8O2/c1-14-5-18(3-4-36(14)25(37)20-9-22-23(10-21(20)28)33-34-32-22)35-12-15-11-29-26(31-24(15)13-35)30-17-6-16(27)7-19(8-17)38-2/h6-11,14,18H,3-5,12-13H2,1-2H3,(H,29,30,31)(H,32,33,34)/t14-,18-/m1/s1. The highest BCUT2D eigenvalue weighted by Gasteiger charge is 2.35. The SMILES string of the molecule is COc1cc(F)cc(Nc2ncc3c(n2)CN([C@@H]2CCN(C(=O)c4cc5nn[nH]c5cc4F)[C@H](C)C2)C3)c1. The highest BCUT2D eigenvalue weighted by Crippen LogP contribution is 2.31. The molecule has 12 heteroatoms.